The van der Waals surface area contributed by atoms with Crippen LogP contribution in [0.5, 0.6) is 0 Å². The standard InChI is InChI=1S/C19H17F3N4O5/c20-19(21,22)12-6-7-13(16(10-12)26(29)30)23-11-17(27)31-9-3-8-25-15-5-2-1-4-14(15)24-18(25)28/h1-2,4-7,10,23H,3,8-9,11H2,(H,24,28). The summed E-state index contributed by atoms with van der Waals surface area (Å²) in [6.07, 6.45) is -4.39. The molecule has 31 heavy (non-hydrogen) atoms. The van der Waals surface area contributed by atoms with Crippen molar-refractivity contribution >= 4 is 28.4 Å². The minimum absolute atomic E-state index is 0.0123. The number of hydrogen-bond acceptors (Lipinski definition) is 6. The number of nitro benzene ring substituents is 1. The van der Waals surface area contributed by atoms with E-state index in [-0.39, 0.29) is 18.0 Å². The molecule has 2 N–H and O–H groups in total. The van der Waals surface area contributed by atoms with Gasteiger partial charge in [-0.05, 0) is 30.7 Å². The lowest BCUT2D eigenvalue weighted by atomic mass is 10.1. The number of halogens is 3. The van der Waals surface area contributed by atoms with Gasteiger partial charge in [0.1, 0.15) is 12.2 Å². The number of esters is 1. The normalized spacial score (nSPS) is 11.5. The first-order chi connectivity index (χ1) is 14.7. The number of alkyl halides is 3. The smallest absolute Gasteiger partial charge is 0.416 e. The summed E-state index contributed by atoms with van der Waals surface area (Å²) in [7, 11) is 0. The summed E-state index contributed by atoms with van der Waals surface area (Å²) in [5.41, 5.74) is -1.09. The summed E-state index contributed by atoms with van der Waals surface area (Å²) >= 11 is 0. The molecule has 0 atom stereocenters. The van der Waals surface area contributed by atoms with Crippen LogP contribution in [0.25, 0.3) is 11.0 Å². The Bertz CT molecular complexity index is 1170. The molecule has 164 valence electrons. The van der Waals surface area contributed by atoms with E-state index >= 15 is 0 Å². The number of nitro groups is 1. The second-order valence-electron chi connectivity index (χ2n) is 6.51. The number of ether oxygens (including phenoxy) is 1. The molecule has 0 unspecified atom stereocenters. The number of carbonyl (C=O) groups excluding carboxylic acids is 1. The second-order valence-corrected chi connectivity index (χ2v) is 6.51. The first kappa shape index (κ1) is 21.9. The first-order valence-electron chi connectivity index (χ1n) is 9.09. The topological polar surface area (TPSA) is 119 Å². The van der Waals surface area contributed by atoms with Gasteiger partial charge in [-0.25, -0.2) is 4.79 Å². The summed E-state index contributed by atoms with van der Waals surface area (Å²) in [5.74, 6) is -0.750. The second kappa shape index (κ2) is 8.90. The predicted molar refractivity (Wildman–Crippen MR) is 105 cm³/mol. The van der Waals surface area contributed by atoms with E-state index in [0.717, 1.165) is 11.6 Å². The molecule has 1 heterocycles. The molecular formula is C19H17F3N4O5. The van der Waals surface area contributed by atoms with Crippen LogP contribution < -0.4 is 11.0 Å². The number of hydrogen-bond donors (Lipinski definition) is 2. The van der Waals surface area contributed by atoms with E-state index in [9.17, 15) is 32.9 Å². The highest BCUT2D eigenvalue weighted by Crippen LogP contribution is 2.34. The van der Waals surface area contributed by atoms with Crippen LogP contribution in [0.4, 0.5) is 24.5 Å². The molecule has 0 aliphatic heterocycles. The SMILES string of the molecule is O=C(CNc1ccc(C(F)(F)F)cc1[N+](=O)[O-])OCCCn1c(=O)[nH]c2ccccc21. The van der Waals surface area contributed by atoms with E-state index in [0.29, 0.717) is 30.6 Å². The molecule has 0 aliphatic carbocycles. The number of imidazole rings is 1. The van der Waals surface area contributed by atoms with Gasteiger partial charge in [0.15, 0.2) is 0 Å². The molecular weight excluding hydrogens is 421 g/mol. The lowest BCUT2D eigenvalue weighted by Crippen LogP contribution is -2.20. The third kappa shape index (κ3) is 5.21. The van der Waals surface area contributed by atoms with E-state index in [1.807, 2.05) is 0 Å². The van der Waals surface area contributed by atoms with E-state index in [2.05, 4.69) is 10.3 Å². The zero-order valence-electron chi connectivity index (χ0n) is 15.9. The molecule has 3 aromatic rings. The third-order valence-electron chi connectivity index (χ3n) is 4.42. The Morgan fingerprint density at radius 2 is 1.97 bits per heavy atom. The third-order valence-corrected chi connectivity index (χ3v) is 4.42. The van der Waals surface area contributed by atoms with Crippen molar-refractivity contribution in [2.45, 2.75) is 19.1 Å². The number of aryl methyl sites for hydroxylation is 1. The molecule has 2 aromatic carbocycles. The van der Waals surface area contributed by atoms with Crippen LogP contribution >= 0.6 is 0 Å². The summed E-state index contributed by atoms with van der Waals surface area (Å²) in [5, 5.41) is 13.5. The zero-order chi connectivity index (χ0) is 22.6. The van der Waals surface area contributed by atoms with Crippen LogP contribution in [0.1, 0.15) is 12.0 Å². The number of para-hydroxylation sites is 2. The molecule has 1 aromatic heterocycles. The summed E-state index contributed by atoms with van der Waals surface area (Å²) in [6.45, 7) is -0.186. The van der Waals surface area contributed by atoms with Crippen LogP contribution in [0, 0.1) is 10.1 Å². The van der Waals surface area contributed by atoms with E-state index in [1.54, 1.807) is 24.3 Å². The number of H-pyrrole nitrogens is 1. The van der Waals surface area contributed by atoms with Crippen LogP contribution in [0.15, 0.2) is 47.3 Å². The Balaban J connectivity index is 1.52. The molecule has 0 radical (unpaired) electrons. The van der Waals surface area contributed by atoms with Gasteiger partial charge >= 0.3 is 17.8 Å². The van der Waals surface area contributed by atoms with Gasteiger partial charge in [-0.1, -0.05) is 12.1 Å². The lowest BCUT2D eigenvalue weighted by molar-refractivity contribution is -0.384. The Labute approximate surface area is 172 Å². The highest BCUT2D eigenvalue weighted by atomic mass is 19.4. The minimum Gasteiger partial charge on any atom is -0.464 e. The average Bonchev–Trinajstić information content (AvgIpc) is 3.03. The number of rotatable bonds is 8. The monoisotopic (exact) mass is 438 g/mol. The summed E-state index contributed by atoms with van der Waals surface area (Å²) in [4.78, 5) is 36.6. The minimum atomic E-state index is -4.73. The van der Waals surface area contributed by atoms with Crippen molar-refractivity contribution < 1.29 is 27.6 Å². The number of aromatic amines is 1. The van der Waals surface area contributed by atoms with Crippen LogP contribution in [-0.4, -0.2) is 33.6 Å². The van der Waals surface area contributed by atoms with Gasteiger partial charge in [0.25, 0.3) is 5.69 Å². The molecule has 0 fully saturated rings. The van der Waals surface area contributed by atoms with Gasteiger partial charge in [-0.3, -0.25) is 19.5 Å². The molecule has 0 spiro atoms. The average molecular weight is 438 g/mol. The molecule has 0 aliphatic rings. The highest BCUT2D eigenvalue weighted by Gasteiger charge is 2.33. The van der Waals surface area contributed by atoms with Gasteiger partial charge in [0, 0.05) is 12.6 Å². The van der Waals surface area contributed by atoms with Gasteiger partial charge in [-0.15, -0.1) is 0 Å². The van der Waals surface area contributed by atoms with Crippen molar-refractivity contribution in [3.63, 3.8) is 0 Å². The van der Waals surface area contributed by atoms with Gasteiger partial charge in [0.2, 0.25) is 0 Å². The van der Waals surface area contributed by atoms with Crippen molar-refractivity contribution in [1.82, 2.24) is 9.55 Å². The summed E-state index contributed by atoms with van der Waals surface area (Å²) < 4.78 is 44.7. The number of benzene rings is 2. The molecule has 9 nitrogen and oxygen atoms in total. The fourth-order valence-electron chi connectivity index (χ4n) is 2.96. The molecule has 0 saturated carbocycles. The van der Waals surface area contributed by atoms with Crippen molar-refractivity contribution in [1.29, 1.82) is 0 Å². The molecule has 0 saturated heterocycles. The highest BCUT2D eigenvalue weighted by molar-refractivity contribution is 5.77. The van der Waals surface area contributed by atoms with E-state index in [4.69, 9.17) is 4.74 Å². The zero-order valence-corrected chi connectivity index (χ0v) is 15.9. The number of aromatic nitrogens is 2. The fraction of sp³-hybridized carbons (Fsp3) is 0.263. The number of nitrogens with one attached hydrogen (secondary N) is 2. The molecule has 0 amide bonds. The largest absolute Gasteiger partial charge is 0.464 e. The summed E-state index contributed by atoms with van der Waals surface area (Å²) in [6, 6.07) is 9.08. The predicted octanol–water partition coefficient (Wildman–Crippen LogP) is 3.30. The quantitative estimate of drug-likeness (QED) is 0.241. The maximum Gasteiger partial charge on any atom is 0.416 e. The Kier molecular flexibility index (Phi) is 6.28. The molecule has 0 bridgehead atoms. The number of carbonyl (C=O) groups is 1. The van der Waals surface area contributed by atoms with E-state index < -0.39 is 34.9 Å². The number of fused-ring (bicyclic) bond motifs is 1. The maximum absolute atomic E-state index is 12.7. The van der Waals surface area contributed by atoms with Crippen molar-refractivity contribution in [2.75, 3.05) is 18.5 Å². The van der Waals surface area contributed by atoms with Crippen LogP contribution in [-0.2, 0) is 22.3 Å². The maximum atomic E-state index is 12.7. The van der Waals surface area contributed by atoms with Gasteiger partial charge in [-0.2, -0.15) is 13.2 Å². The lowest BCUT2D eigenvalue weighted by Gasteiger charge is -2.10. The van der Waals surface area contributed by atoms with Crippen molar-refractivity contribution in [3.8, 4) is 0 Å². The van der Waals surface area contributed by atoms with E-state index in [1.165, 1.54) is 4.57 Å². The van der Waals surface area contributed by atoms with Gasteiger partial charge in [0.05, 0.1) is 28.1 Å². The van der Waals surface area contributed by atoms with Crippen molar-refractivity contribution in [3.05, 3.63) is 68.6 Å². The Morgan fingerprint density at radius 3 is 2.68 bits per heavy atom. The Hall–Kier alpha value is -3.83. The molecule has 12 heteroatoms. The number of anilines is 1. The van der Waals surface area contributed by atoms with Crippen molar-refractivity contribution in [2.24, 2.45) is 0 Å². The van der Waals surface area contributed by atoms with Crippen LogP contribution in [0.2, 0.25) is 0 Å². The Morgan fingerprint density at radius 1 is 1.23 bits per heavy atom. The fourth-order valence-corrected chi connectivity index (χ4v) is 2.96. The number of nitrogens with zero attached hydrogens (tertiary/aromatic N) is 2. The molecule has 3 rings (SSSR count). The van der Waals surface area contributed by atoms with Crippen LogP contribution in [0.3, 0.4) is 0 Å². The first-order valence-corrected chi connectivity index (χ1v) is 9.09. The van der Waals surface area contributed by atoms with Gasteiger partial charge < -0.3 is 15.0 Å².